The second-order valence-corrected chi connectivity index (χ2v) is 8.54. The molecule has 1 N–H and O–H groups in total. The second-order valence-electron chi connectivity index (χ2n) is 6.86. The Morgan fingerprint density at radius 2 is 2.12 bits per heavy atom. The summed E-state index contributed by atoms with van der Waals surface area (Å²) >= 11 is 0. The van der Waals surface area contributed by atoms with Crippen molar-refractivity contribution >= 4 is 15.9 Å². The maximum Gasteiger partial charge on any atom is 0.241 e. The monoisotopic (exact) mass is 376 g/mol. The summed E-state index contributed by atoms with van der Waals surface area (Å²) in [7, 11) is -2.09. The van der Waals surface area contributed by atoms with E-state index in [9.17, 15) is 13.2 Å². The van der Waals surface area contributed by atoms with Crippen LogP contribution >= 0.6 is 0 Å². The van der Waals surface area contributed by atoms with Crippen molar-refractivity contribution in [3.05, 3.63) is 41.5 Å². The molecule has 1 amide bonds. The molecular formula is C17H20N4O4S. The molecule has 1 unspecified atom stereocenters. The third kappa shape index (κ3) is 3.12. The van der Waals surface area contributed by atoms with E-state index < -0.39 is 16.1 Å². The van der Waals surface area contributed by atoms with Crippen LogP contribution in [-0.2, 0) is 27.8 Å². The fraction of sp³-hybridized carbons (Fsp3) is 0.471. The molecule has 2 aromatic rings. The maximum atomic E-state index is 12.7. The van der Waals surface area contributed by atoms with E-state index >= 15 is 0 Å². The first-order valence-corrected chi connectivity index (χ1v) is 10.1. The number of hydrogen-bond donors (Lipinski definition) is 1. The summed E-state index contributed by atoms with van der Waals surface area (Å²) in [6, 6.07) is 5.88. The van der Waals surface area contributed by atoms with Crippen molar-refractivity contribution in [3.8, 4) is 0 Å². The van der Waals surface area contributed by atoms with E-state index in [0.717, 1.165) is 12.8 Å². The first-order valence-electron chi connectivity index (χ1n) is 8.62. The Bertz CT molecular complexity index is 936. The molecule has 0 bridgehead atoms. The van der Waals surface area contributed by atoms with E-state index in [-0.39, 0.29) is 17.3 Å². The molecule has 1 aliphatic carbocycles. The lowest BCUT2D eigenvalue weighted by atomic mass is 9.85. The minimum absolute atomic E-state index is 0.176. The normalized spacial score (nSPS) is 21.7. The van der Waals surface area contributed by atoms with Gasteiger partial charge in [0.25, 0.3) is 0 Å². The van der Waals surface area contributed by atoms with Gasteiger partial charge in [-0.1, -0.05) is 29.8 Å². The minimum atomic E-state index is -3.69. The molecular weight excluding hydrogens is 356 g/mol. The zero-order chi connectivity index (χ0) is 18.3. The van der Waals surface area contributed by atoms with Gasteiger partial charge in [0.05, 0.1) is 11.4 Å². The maximum absolute atomic E-state index is 12.7. The quantitative estimate of drug-likeness (QED) is 0.859. The van der Waals surface area contributed by atoms with Gasteiger partial charge < -0.3 is 9.42 Å². The Kier molecular flexibility index (Phi) is 4.28. The number of rotatable bonds is 4. The number of benzene rings is 1. The lowest BCUT2D eigenvalue weighted by molar-refractivity contribution is -0.132. The Morgan fingerprint density at radius 1 is 1.35 bits per heavy atom. The number of carbonyl (C=O) groups excluding carboxylic acids is 1. The number of nitrogens with zero attached hydrogens (tertiary/aromatic N) is 3. The smallest absolute Gasteiger partial charge is 0.241 e. The lowest BCUT2D eigenvalue weighted by Crippen LogP contribution is -2.50. The van der Waals surface area contributed by atoms with Crippen molar-refractivity contribution in [2.75, 3.05) is 7.05 Å². The van der Waals surface area contributed by atoms with Gasteiger partial charge in [0.15, 0.2) is 5.82 Å². The molecule has 8 nitrogen and oxygen atoms in total. The molecule has 4 rings (SSSR count). The standard InChI is InChI=1S/C17H20N4O4S/c1-21(10-15-18-16(25-19-15)11-6-4-7-11)17(22)13-9-12-5-2-3-8-14(12)26(23,24)20-13/h2-3,5,8,11,13,20H,4,6-7,9-10H2,1H3. The number of hydrogen-bond acceptors (Lipinski definition) is 6. The van der Waals surface area contributed by atoms with Gasteiger partial charge in [0, 0.05) is 13.0 Å². The number of amides is 1. The zero-order valence-electron chi connectivity index (χ0n) is 14.4. The Labute approximate surface area is 151 Å². The van der Waals surface area contributed by atoms with Crippen molar-refractivity contribution < 1.29 is 17.7 Å². The first-order chi connectivity index (χ1) is 12.4. The molecule has 2 heterocycles. The number of nitrogens with one attached hydrogen (secondary N) is 1. The number of likely N-dealkylation sites (N-methyl/N-ethyl adjacent to an activating group) is 1. The van der Waals surface area contributed by atoms with Crippen LogP contribution < -0.4 is 4.72 Å². The van der Waals surface area contributed by atoms with Crippen LogP contribution in [0.3, 0.4) is 0 Å². The van der Waals surface area contributed by atoms with Gasteiger partial charge in [-0.05, 0) is 30.9 Å². The largest absolute Gasteiger partial charge is 0.339 e. The average molecular weight is 376 g/mol. The molecule has 1 aliphatic heterocycles. The highest BCUT2D eigenvalue weighted by molar-refractivity contribution is 7.89. The van der Waals surface area contributed by atoms with Crippen LogP contribution in [-0.4, -0.2) is 42.5 Å². The average Bonchev–Trinajstić information content (AvgIpc) is 2.99. The number of fused-ring (bicyclic) bond motifs is 1. The van der Waals surface area contributed by atoms with Gasteiger partial charge >= 0.3 is 0 Å². The molecule has 0 saturated heterocycles. The summed E-state index contributed by atoms with van der Waals surface area (Å²) in [4.78, 5) is 18.7. The molecule has 1 saturated carbocycles. The van der Waals surface area contributed by atoms with Crippen molar-refractivity contribution in [1.29, 1.82) is 0 Å². The molecule has 138 valence electrons. The molecule has 9 heteroatoms. The molecule has 1 atom stereocenters. The summed E-state index contributed by atoms with van der Waals surface area (Å²) in [6.07, 6.45) is 3.60. The van der Waals surface area contributed by atoms with Gasteiger partial charge in [-0.25, -0.2) is 8.42 Å². The second kappa shape index (κ2) is 6.48. The Balaban J connectivity index is 1.46. The van der Waals surface area contributed by atoms with Crippen LogP contribution in [0.4, 0.5) is 0 Å². The highest BCUT2D eigenvalue weighted by Gasteiger charge is 2.35. The van der Waals surface area contributed by atoms with Crippen molar-refractivity contribution in [1.82, 2.24) is 19.8 Å². The molecule has 1 fully saturated rings. The summed E-state index contributed by atoms with van der Waals surface area (Å²) in [6.45, 7) is 0.176. The van der Waals surface area contributed by atoms with E-state index in [4.69, 9.17) is 4.52 Å². The summed E-state index contributed by atoms with van der Waals surface area (Å²) in [5.74, 6) is 1.07. The van der Waals surface area contributed by atoms with Crippen molar-refractivity contribution in [2.45, 2.75) is 49.1 Å². The third-order valence-electron chi connectivity index (χ3n) is 4.97. The lowest BCUT2D eigenvalue weighted by Gasteiger charge is -2.28. The fourth-order valence-electron chi connectivity index (χ4n) is 3.29. The number of carbonyl (C=O) groups is 1. The molecule has 1 aromatic carbocycles. The number of sulfonamides is 1. The van der Waals surface area contributed by atoms with E-state index in [2.05, 4.69) is 14.9 Å². The van der Waals surface area contributed by atoms with E-state index in [1.165, 1.54) is 11.3 Å². The fourth-order valence-corrected chi connectivity index (χ4v) is 4.73. The molecule has 1 aromatic heterocycles. The van der Waals surface area contributed by atoms with Crippen LogP contribution in [0.15, 0.2) is 33.7 Å². The predicted molar refractivity (Wildman–Crippen MR) is 91.6 cm³/mol. The van der Waals surface area contributed by atoms with Gasteiger partial charge in [0.1, 0.15) is 6.04 Å². The molecule has 26 heavy (non-hydrogen) atoms. The molecule has 0 radical (unpaired) electrons. The van der Waals surface area contributed by atoms with Gasteiger partial charge in [-0.3, -0.25) is 4.79 Å². The third-order valence-corrected chi connectivity index (χ3v) is 6.55. The summed E-state index contributed by atoms with van der Waals surface area (Å²) in [5, 5.41) is 3.93. The van der Waals surface area contributed by atoms with E-state index in [0.29, 0.717) is 29.6 Å². The van der Waals surface area contributed by atoms with Crippen LogP contribution in [0.2, 0.25) is 0 Å². The number of aromatic nitrogens is 2. The highest BCUT2D eigenvalue weighted by atomic mass is 32.2. The summed E-state index contributed by atoms with van der Waals surface area (Å²) in [5.41, 5.74) is 0.643. The highest BCUT2D eigenvalue weighted by Crippen LogP contribution is 2.35. The van der Waals surface area contributed by atoms with E-state index in [1.54, 1.807) is 31.3 Å². The van der Waals surface area contributed by atoms with Crippen LogP contribution in [0.5, 0.6) is 0 Å². The van der Waals surface area contributed by atoms with Crippen LogP contribution in [0.1, 0.15) is 42.5 Å². The Hall–Kier alpha value is -2.26. The van der Waals surface area contributed by atoms with Crippen molar-refractivity contribution in [2.24, 2.45) is 0 Å². The predicted octanol–water partition coefficient (Wildman–Crippen LogP) is 1.20. The zero-order valence-corrected chi connectivity index (χ0v) is 15.2. The molecule has 0 spiro atoms. The van der Waals surface area contributed by atoms with Gasteiger partial charge in [-0.2, -0.15) is 9.71 Å². The SMILES string of the molecule is CN(Cc1noc(C2CCC2)n1)C(=O)C1Cc2ccccc2S(=O)(=O)N1. The Morgan fingerprint density at radius 3 is 2.85 bits per heavy atom. The van der Waals surface area contributed by atoms with Gasteiger partial charge in [0.2, 0.25) is 21.8 Å². The van der Waals surface area contributed by atoms with E-state index in [1.807, 2.05) is 0 Å². The molecule has 2 aliphatic rings. The van der Waals surface area contributed by atoms with Crippen LogP contribution in [0, 0.1) is 0 Å². The van der Waals surface area contributed by atoms with Crippen molar-refractivity contribution in [3.63, 3.8) is 0 Å². The topological polar surface area (TPSA) is 105 Å². The van der Waals surface area contributed by atoms with Gasteiger partial charge in [-0.15, -0.1) is 0 Å². The first kappa shape index (κ1) is 17.2. The minimum Gasteiger partial charge on any atom is -0.339 e. The summed E-state index contributed by atoms with van der Waals surface area (Å²) < 4.78 is 32.5. The van der Waals surface area contributed by atoms with Crippen LogP contribution in [0.25, 0.3) is 0 Å².